The Labute approximate surface area is 361 Å². The molecule has 3 aliphatic heterocycles. The van der Waals surface area contributed by atoms with E-state index in [9.17, 15) is 53.5 Å². The molecule has 13 nitrogen and oxygen atoms in total. The number of hydroxylamine groups is 2. The summed E-state index contributed by atoms with van der Waals surface area (Å²) >= 11 is 0. The van der Waals surface area contributed by atoms with Crippen LogP contribution < -0.4 is 4.90 Å². The van der Waals surface area contributed by atoms with Crippen LogP contribution in [-0.4, -0.2) is 83.7 Å². The fraction of sp³-hybridized carbons (Fsp3) is 0.476. The largest absolute Gasteiger partial charge is 0.341 e. The lowest BCUT2D eigenvalue weighted by Gasteiger charge is -2.30. The van der Waals surface area contributed by atoms with Crippen LogP contribution in [-0.2, 0) is 50.3 Å². The lowest BCUT2D eigenvalue weighted by Crippen LogP contribution is -2.31. The van der Waals surface area contributed by atoms with Gasteiger partial charge in [-0.25, -0.2) is 31.1 Å². The minimum Gasteiger partial charge on any atom is -0.341 e. The first-order chi connectivity index (χ1) is 29.4. The maximum atomic E-state index is 15.8. The van der Waals surface area contributed by atoms with E-state index >= 15 is 13.2 Å². The van der Waals surface area contributed by atoms with E-state index in [-0.39, 0.29) is 81.4 Å². The second-order valence-corrected chi connectivity index (χ2v) is 19.4. The van der Waals surface area contributed by atoms with E-state index in [0.717, 1.165) is 6.07 Å². The van der Waals surface area contributed by atoms with Gasteiger partial charge in [-0.05, 0) is 65.4 Å². The molecule has 1 atom stereocenters. The summed E-state index contributed by atoms with van der Waals surface area (Å²) in [5.41, 5.74) is -2.71. The van der Waals surface area contributed by atoms with Crippen molar-refractivity contribution in [3.8, 4) is 0 Å². The van der Waals surface area contributed by atoms with Gasteiger partial charge in [-0.3, -0.25) is 18.7 Å². The predicted molar refractivity (Wildman–Crippen MR) is 218 cm³/mol. The van der Waals surface area contributed by atoms with Gasteiger partial charge in [-0.15, -0.1) is 5.06 Å². The Bertz CT molecular complexity index is 2510. The van der Waals surface area contributed by atoms with Crippen LogP contribution in [0.2, 0.25) is 0 Å². The first-order valence-corrected chi connectivity index (χ1v) is 23.4. The molecule has 0 spiro atoms. The number of rotatable bonds is 20. The standard InChI is InChI=1S/C42H47F6N3O10S2/c1-41(2)29(49(28-25-26(43)24-27(44)34(28)41)20-10-5-8-16-33(54)61-51-31(52)17-18-32(51)53)14-6-4-7-15-30-42(3,19-9-12-22-62(55,56)57)35-36(45)37(46)38(47)39(48)40(35)50(30)21-11-13-23-63(58,59)60/h4,6-7,14-15,24-25H,5,8-13,16-23H2,1-3H3,(H-,55,56,57,58,59,60)/p+1. The van der Waals surface area contributed by atoms with Crippen molar-refractivity contribution in [1.29, 1.82) is 0 Å². The number of imide groups is 1. The second kappa shape index (κ2) is 19.5. The number of carbonyl (C=O) groups is 3. The van der Waals surface area contributed by atoms with Gasteiger partial charge in [0.1, 0.15) is 18.2 Å². The monoisotopic (exact) mass is 932 g/mol. The molecule has 5 rings (SSSR count). The molecule has 344 valence electrons. The fourth-order valence-electron chi connectivity index (χ4n) is 8.41. The normalized spacial score (nSPS) is 19.4. The van der Waals surface area contributed by atoms with Gasteiger partial charge in [-0.2, -0.15) is 21.4 Å². The van der Waals surface area contributed by atoms with Gasteiger partial charge in [0, 0.05) is 67.1 Å². The number of fused-ring (bicyclic) bond motifs is 2. The topological polar surface area (TPSA) is 179 Å². The molecule has 1 fully saturated rings. The van der Waals surface area contributed by atoms with Crippen LogP contribution in [0.25, 0.3) is 0 Å². The van der Waals surface area contributed by atoms with E-state index in [1.165, 1.54) is 36.1 Å². The van der Waals surface area contributed by atoms with E-state index in [1.54, 1.807) is 30.6 Å². The first-order valence-electron chi connectivity index (χ1n) is 20.2. The zero-order valence-corrected chi connectivity index (χ0v) is 36.4. The third-order valence-electron chi connectivity index (χ3n) is 11.4. The van der Waals surface area contributed by atoms with Crippen molar-refractivity contribution in [3.63, 3.8) is 0 Å². The van der Waals surface area contributed by atoms with Crippen LogP contribution in [0.1, 0.15) is 103 Å². The van der Waals surface area contributed by atoms with E-state index in [2.05, 4.69) is 0 Å². The summed E-state index contributed by atoms with van der Waals surface area (Å²) in [6.07, 6.45) is 8.07. The van der Waals surface area contributed by atoms with Gasteiger partial charge >= 0.3 is 5.97 Å². The number of amides is 2. The summed E-state index contributed by atoms with van der Waals surface area (Å²) in [5.74, 6) is -12.5. The van der Waals surface area contributed by atoms with Crippen LogP contribution in [0.15, 0.2) is 48.2 Å². The lowest BCUT2D eigenvalue weighted by molar-refractivity contribution is -0.438. The van der Waals surface area contributed by atoms with Gasteiger partial charge in [0.15, 0.2) is 29.0 Å². The molecule has 2 amide bonds. The molecule has 0 aromatic heterocycles. The van der Waals surface area contributed by atoms with Crippen LogP contribution in [0.5, 0.6) is 0 Å². The number of anilines is 1. The Morgan fingerprint density at radius 3 is 2.03 bits per heavy atom. The molecule has 1 unspecified atom stereocenters. The van der Waals surface area contributed by atoms with Crippen molar-refractivity contribution in [3.05, 3.63) is 94.2 Å². The number of unbranched alkanes of at least 4 members (excludes halogenated alkanes) is 4. The molecule has 63 heavy (non-hydrogen) atoms. The highest BCUT2D eigenvalue weighted by molar-refractivity contribution is 7.86. The van der Waals surface area contributed by atoms with Gasteiger partial charge < -0.3 is 9.74 Å². The Kier molecular flexibility index (Phi) is 15.2. The van der Waals surface area contributed by atoms with Gasteiger partial charge in [0.2, 0.25) is 5.69 Å². The van der Waals surface area contributed by atoms with E-state index < -0.39 is 107 Å². The third-order valence-corrected chi connectivity index (χ3v) is 13.0. The average Bonchev–Trinajstić information content (AvgIpc) is 3.71. The van der Waals surface area contributed by atoms with Crippen LogP contribution in [0, 0.1) is 34.9 Å². The molecule has 2 aromatic carbocycles. The summed E-state index contributed by atoms with van der Waals surface area (Å²) in [6.45, 7) is 4.89. The van der Waals surface area contributed by atoms with Crippen molar-refractivity contribution in [1.82, 2.24) is 5.06 Å². The Balaban J connectivity index is 1.45. The molecule has 21 heteroatoms. The smallest absolute Gasteiger partial charge is 0.333 e. The molecule has 1 saturated heterocycles. The fourth-order valence-corrected chi connectivity index (χ4v) is 9.54. The van der Waals surface area contributed by atoms with E-state index in [4.69, 9.17) is 4.84 Å². The number of carbonyl (C=O) groups excluding carboxylic acids is 3. The molecule has 3 heterocycles. The van der Waals surface area contributed by atoms with E-state index in [1.807, 2.05) is 0 Å². The number of halogens is 6. The van der Waals surface area contributed by atoms with Crippen molar-refractivity contribution >= 4 is 55.1 Å². The summed E-state index contributed by atoms with van der Waals surface area (Å²) < 4.78 is 157. The Morgan fingerprint density at radius 2 is 1.40 bits per heavy atom. The Hall–Kier alpha value is -4.86. The molecular weight excluding hydrogens is 885 g/mol. The molecule has 0 saturated carbocycles. The highest BCUT2D eigenvalue weighted by Crippen LogP contribution is 2.54. The number of hydrogen-bond donors (Lipinski definition) is 2. The van der Waals surface area contributed by atoms with Crippen LogP contribution in [0.3, 0.4) is 0 Å². The molecule has 3 aliphatic rings. The molecule has 0 aliphatic carbocycles. The van der Waals surface area contributed by atoms with E-state index in [0.29, 0.717) is 30.0 Å². The summed E-state index contributed by atoms with van der Waals surface area (Å²) in [5, 5.41) is 0.463. The highest BCUT2D eigenvalue weighted by atomic mass is 32.2. The van der Waals surface area contributed by atoms with Crippen molar-refractivity contribution in [2.45, 2.75) is 102 Å². The second-order valence-electron chi connectivity index (χ2n) is 16.3. The van der Waals surface area contributed by atoms with Crippen molar-refractivity contribution in [2.75, 3.05) is 29.5 Å². The summed E-state index contributed by atoms with van der Waals surface area (Å²) in [7, 11) is -8.80. The van der Waals surface area contributed by atoms with Gasteiger partial charge in [0.05, 0.1) is 28.2 Å². The summed E-state index contributed by atoms with van der Waals surface area (Å²) in [6, 6.07) is 1.97. The van der Waals surface area contributed by atoms with Gasteiger partial charge in [-0.1, -0.05) is 24.6 Å². The zero-order valence-electron chi connectivity index (χ0n) is 34.7. The van der Waals surface area contributed by atoms with Crippen molar-refractivity contribution in [2.24, 2.45) is 0 Å². The highest BCUT2D eigenvalue weighted by Gasteiger charge is 2.49. The molecular formula is C42H48F6N3O10S2+. The lowest BCUT2D eigenvalue weighted by atomic mass is 9.76. The number of benzene rings is 2. The zero-order chi connectivity index (χ0) is 46.7. The maximum Gasteiger partial charge on any atom is 0.333 e. The quantitative estimate of drug-likeness (QED) is 0.0196. The molecule has 2 aromatic rings. The predicted octanol–water partition coefficient (Wildman–Crippen LogP) is 7.57. The molecule has 0 radical (unpaired) electrons. The van der Waals surface area contributed by atoms with Crippen LogP contribution >= 0.6 is 0 Å². The molecule has 0 bridgehead atoms. The van der Waals surface area contributed by atoms with Gasteiger partial charge in [0.25, 0.3) is 32.1 Å². The van der Waals surface area contributed by atoms with Crippen LogP contribution in [0.4, 0.5) is 37.7 Å². The maximum absolute atomic E-state index is 15.8. The minimum atomic E-state index is -4.40. The minimum absolute atomic E-state index is 0.0149. The third kappa shape index (κ3) is 11.1. The Morgan fingerprint density at radius 1 is 0.778 bits per heavy atom. The SMILES string of the molecule is CC1(C)C(/C=C/C=C/C=C2/N(CCCCS(=O)(=O)O)c3c(F)c(F)c(F)c(F)c3C2(C)CCCCS(=O)(=O)O)=[N+](CCCCCC(=O)ON2C(=O)CCC2=O)c2cc(F)cc(F)c21. The average molecular weight is 933 g/mol. The first kappa shape index (κ1) is 49.2. The summed E-state index contributed by atoms with van der Waals surface area (Å²) in [4.78, 5) is 41.9. The van der Waals surface area contributed by atoms with Crippen molar-refractivity contribution < 1.29 is 76.1 Å². The number of allylic oxidation sites excluding steroid dienone is 6. The number of hydrogen-bond acceptors (Lipinski definition) is 9. The molecule has 2 N–H and O–H groups in total. The number of nitrogens with zero attached hydrogens (tertiary/aromatic N) is 3.